The Balaban J connectivity index is 5.04. The Kier molecular flexibility index (Phi) is 14.1. The van der Waals surface area contributed by atoms with Crippen molar-refractivity contribution in [2.24, 2.45) is 0 Å². The Hall–Kier alpha value is -0.693. The molecule has 0 saturated carbocycles. The second-order valence-corrected chi connectivity index (χ2v) is 9.04. The molecular weight excluding hydrogens is 336 g/mol. The van der Waals surface area contributed by atoms with Gasteiger partial charge in [0.1, 0.15) is 0 Å². The highest BCUT2D eigenvalue weighted by Gasteiger charge is 2.48. The molecule has 25 heavy (non-hydrogen) atoms. The summed E-state index contributed by atoms with van der Waals surface area (Å²) in [7, 11) is -2.80. The van der Waals surface area contributed by atoms with Crippen LogP contribution in [-0.2, 0) is 22.8 Å². The van der Waals surface area contributed by atoms with Crippen LogP contribution in [0.4, 0.5) is 0 Å². The van der Waals surface area contributed by atoms with Crippen molar-refractivity contribution in [1.29, 1.82) is 0 Å². The Morgan fingerprint density at radius 2 is 1.48 bits per heavy atom. The van der Waals surface area contributed by atoms with E-state index in [-0.39, 0.29) is 11.5 Å². The van der Waals surface area contributed by atoms with Crippen molar-refractivity contribution in [1.82, 2.24) is 0 Å². The summed E-state index contributed by atoms with van der Waals surface area (Å²) in [5.74, 6) is -0.346. The van der Waals surface area contributed by atoms with Crippen LogP contribution < -0.4 is 0 Å². The summed E-state index contributed by atoms with van der Waals surface area (Å²) >= 11 is 0. The zero-order valence-electron chi connectivity index (χ0n) is 16.9. The smallest absolute Gasteiger partial charge is 0.462 e. The van der Waals surface area contributed by atoms with Crippen LogP contribution >= 0.6 is 0 Å². The average molecular weight is 375 g/mol. The lowest BCUT2D eigenvalue weighted by molar-refractivity contribution is -0.139. The lowest BCUT2D eigenvalue weighted by atomic mass is 10.1. The maximum atomic E-state index is 11.6. The highest BCUT2D eigenvalue weighted by atomic mass is 28.4. The summed E-state index contributed by atoms with van der Waals surface area (Å²) < 4.78 is 23.5. The first-order chi connectivity index (χ1) is 12.0. The number of ether oxygens (including phenoxy) is 1. The molecule has 0 heterocycles. The highest BCUT2D eigenvalue weighted by molar-refractivity contribution is 6.62. The zero-order chi connectivity index (χ0) is 19.1. The molecule has 0 aromatic carbocycles. The summed E-state index contributed by atoms with van der Waals surface area (Å²) in [6.07, 6.45) is 6.38. The molecule has 0 aliphatic carbocycles. The SMILES string of the molecule is C=C(C)C(=O)OCCC(CCCCCC)[Si](OCC)(OCC)OCC. The van der Waals surface area contributed by atoms with Crippen molar-refractivity contribution in [2.45, 2.75) is 78.7 Å². The number of esters is 1. The molecule has 0 spiro atoms. The van der Waals surface area contributed by atoms with Gasteiger partial charge in [-0.05, 0) is 40.5 Å². The van der Waals surface area contributed by atoms with E-state index in [0.717, 1.165) is 12.8 Å². The van der Waals surface area contributed by atoms with E-state index in [0.29, 0.717) is 38.4 Å². The molecule has 0 saturated heterocycles. The van der Waals surface area contributed by atoms with Gasteiger partial charge in [0, 0.05) is 30.9 Å². The van der Waals surface area contributed by atoms with Gasteiger partial charge in [0.15, 0.2) is 0 Å². The summed E-state index contributed by atoms with van der Waals surface area (Å²) in [4.78, 5) is 11.6. The van der Waals surface area contributed by atoms with E-state index in [2.05, 4.69) is 13.5 Å². The van der Waals surface area contributed by atoms with Crippen LogP contribution in [0.1, 0.15) is 73.1 Å². The van der Waals surface area contributed by atoms with Gasteiger partial charge >= 0.3 is 14.8 Å². The van der Waals surface area contributed by atoms with Crippen molar-refractivity contribution in [3.63, 3.8) is 0 Å². The van der Waals surface area contributed by atoms with Crippen LogP contribution in [-0.4, -0.2) is 41.2 Å². The minimum absolute atomic E-state index is 0.141. The van der Waals surface area contributed by atoms with Crippen molar-refractivity contribution in [2.75, 3.05) is 26.4 Å². The van der Waals surface area contributed by atoms with E-state index in [1.807, 2.05) is 20.8 Å². The van der Waals surface area contributed by atoms with Crippen molar-refractivity contribution >= 4 is 14.8 Å². The number of carbonyl (C=O) groups is 1. The number of rotatable bonds is 16. The summed E-state index contributed by atoms with van der Waals surface area (Å²) in [6.45, 7) is 15.4. The fraction of sp³-hybridized carbons (Fsp3) is 0.842. The molecule has 148 valence electrons. The van der Waals surface area contributed by atoms with Gasteiger partial charge in [-0.3, -0.25) is 0 Å². The molecule has 0 N–H and O–H groups in total. The second kappa shape index (κ2) is 14.5. The van der Waals surface area contributed by atoms with Gasteiger partial charge in [-0.15, -0.1) is 0 Å². The van der Waals surface area contributed by atoms with E-state index < -0.39 is 8.80 Å². The van der Waals surface area contributed by atoms with Gasteiger partial charge in [-0.25, -0.2) is 4.79 Å². The van der Waals surface area contributed by atoms with Crippen LogP contribution in [0.15, 0.2) is 12.2 Å². The summed E-state index contributed by atoms with van der Waals surface area (Å²) in [6, 6.07) is 0. The van der Waals surface area contributed by atoms with E-state index in [1.54, 1.807) is 6.92 Å². The number of carbonyl (C=O) groups excluding carboxylic acids is 1. The third-order valence-electron chi connectivity index (χ3n) is 3.99. The monoisotopic (exact) mass is 374 g/mol. The normalized spacial score (nSPS) is 12.8. The minimum atomic E-state index is -2.80. The predicted molar refractivity (Wildman–Crippen MR) is 104 cm³/mol. The number of hydrogen-bond acceptors (Lipinski definition) is 5. The molecule has 5 nitrogen and oxygen atoms in total. The fourth-order valence-electron chi connectivity index (χ4n) is 2.81. The Morgan fingerprint density at radius 1 is 0.920 bits per heavy atom. The quantitative estimate of drug-likeness (QED) is 0.167. The summed E-state index contributed by atoms with van der Waals surface area (Å²) in [5, 5.41) is 0. The molecule has 0 aromatic heterocycles. The molecule has 1 atom stereocenters. The summed E-state index contributed by atoms with van der Waals surface area (Å²) in [5.41, 5.74) is 0.560. The zero-order valence-corrected chi connectivity index (χ0v) is 17.9. The molecule has 0 amide bonds. The molecule has 0 rings (SSSR count). The highest BCUT2D eigenvalue weighted by Crippen LogP contribution is 2.34. The van der Waals surface area contributed by atoms with Gasteiger partial charge in [-0.1, -0.05) is 39.2 Å². The molecule has 1 unspecified atom stereocenters. The largest absolute Gasteiger partial charge is 0.504 e. The van der Waals surface area contributed by atoms with Crippen molar-refractivity contribution in [3.05, 3.63) is 12.2 Å². The average Bonchev–Trinajstić information content (AvgIpc) is 2.57. The van der Waals surface area contributed by atoms with E-state index in [9.17, 15) is 4.79 Å². The Morgan fingerprint density at radius 3 is 1.92 bits per heavy atom. The maximum absolute atomic E-state index is 11.6. The first-order valence-corrected chi connectivity index (χ1v) is 11.5. The molecule has 0 bridgehead atoms. The molecule has 6 heteroatoms. The number of unbranched alkanes of at least 4 members (excludes halogenated alkanes) is 3. The third kappa shape index (κ3) is 9.54. The molecule has 0 fully saturated rings. The van der Waals surface area contributed by atoms with E-state index in [1.165, 1.54) is 19.3 Å². The lowest BCUT2D eigenvalue weighted by Crippen LogP contribution is -2.50. The lowest BCUT2D eigenvalue weighted by Gasteiger charge is -2.35. The predicted octanol–water partition coefficient (Wildman–Crippen LogP) is 4.88. The van der Waals surface area contributed by atoms with Crippen molar-refractivity contribution < 1.29 is 22.8 Å². The molecular formula is C19H38O5Si. The third-order valence-corrected chi connectivity index (χ3v) is 7.64. The van der Waals surface area contributed by atoms with Gasteiger partial charge in [0.25, 0.3) is 0 Å². The van der Waals surface area contributed by atoms with Crippen molar-refractivity contribution in [3.8, 4) is 0 Å². The van der Waals surface area contributed by atoms with Crippen LogP contribution in [0, 0.1) is 0 Å². The molecule has 0 aliphatic rings. The fourth-order valence-corrected chi connectivity index (χ4v) is 6.01. The van der Waals surface area contributed by atoms with Gasteiger partial charge in [-0.2, -0.15) is 0 Å². The van der Waals surface area contributed by atoms with Crippen LogP contribution in [0.2, 0.25) is 5.54 Å². The first-order valence-electron chi connectivity index (χ1n) is 9.71. The molecule has 0 aromatic rings. The maximum Gasteiger partial charge on any atom is 0.504 e. The minimum Gasteiger partial charge on any atom is -0.462 e. The Bertz CT molecular complexity index is 356. The molecule has 0 radical (unpaired) electrons. The van der Waals surface area contributed by atoms with E-state index in [4.69, 9.17) is 18.0 Å². The van der Waals surface area contributed by atoms with Crippen LogP contribution in [0.3, 0.4) is 0 Å². The van der Waals surface area contributed by atoms with Crippen LogP contribution in [0.5, 0.6) is 0 Å². The topological polar surface area (TPSA) is 54.0 Å². The van der Waals surface area contributed by atoms with Gasteiger partial charge in [0.05, 0.1) is 6.61 Å². The van der Waals surface area contributed by atoms with E-state index >= 15 is 0 Å². The van der Waals surface area contributed by atoms with Gasteiger partial charge < -0.3 is 18.0 Å². The van der Waals surface area contributed by atoms with Crippen LogP contribution in [0.25, 0.3) is 0 Å². The van der Waals surface area contributed by atoms with Gasteiger partial charge in [0.2, 0.25) is 0 Å². The molecule has 0 aliphatic heterocycles. The Labute approximate surface area is 155 Å². The first kappa shape index (κ1) is 24.3. The standard InChI is InChI=1S/C19H38O5Si/c1-7-11-12-13-14-18(15-16-21-19(20)17(5)6)25(22-8-2,23-9-3)24-10-4/h18H,5,7-16H2,1-4,6H3. The number of hydrogen-bond donors (Lipinski definition) is 0. The second-order valence-electron chi connectivity index (χ2n) is 6.15.